The number of nitrogens with zero attached hydrogens (tertiary/aromatic N) is 1. The predicted octanol–water partition coefficient (Wildman–Crippen LogP) is 2.53. The third-order valence-corrected chi connectivity index (χ3v) is 2.01. The van der Waals surface area contributed by atoms with E-state index in [4.69, 9.17) is 9.47 Å². The summed E-state index contributed by atoms with van der Waals surface area (Å²) in [5.41, 5.74) is -0.461. The molecule has 0 fully saturated rings. The largest absolute Gasteiger partial charge is 0.456 e. The molecule has 0 unspecified atom stereocenters. The van der Waals surface area contributed by atoms with E-state index >= 15 is 0 Å². The van der Waals surface area contributed by atoms with Gasteiger partial charge in [-0.05, 0) is 39.0 Å². The summed E-state index contributed by atoms with van der Waals surface area (Å²) in [5, 5.41) is 0. The lowest BCUT2D eigenvalue weighted by molar-refractivity contribution is -0.131. The molecule has 0 bridgehead atoms. The van der Waals surface area contributed by atoms with Gasteiger partial charge in [0.25, 0.3) is 0 Å². The van der Waals surface area contributed by atoms with Gasteiger partial charge in [-0.25, -0.2) is 9.59 Å². The van der Waals surface area contributed by atoms with Crippen LogP contribution in [0.1, 0.15) is 38.1 Å². The highest BCUT2D eigenvalue weighted by molar-refractivity contribution is 5.94. The molecule has 0 aliphatic heterocycles. The quantitative estimate of drug-likeness (QED) is 0.367. The Kier molecular flexibility index (Phi) is 4.78. The Hall–Kier alpha value is -2.46. The van der Waals surface area contributed by atoms with Gasteiger partial charge in [0.15, 0.2) is 0 Å². The van der Waals surface area contributed by atoms with Crippen molar-refractivity contribution in [3.8, 4) is 5.75 Å². The van der Waals surface area contributed by atoms with E-state index in [0.29, 0.717) is 0 Å². The van der Waals surface area contributed by atoms with E-state index in [1.54, 1.807) is 20.8 Å². The summed E-state index contributed by atoms with van der Waals surface area (Å²) < 4.78 is 10.1. The summed E-state index contributed by atoms with van der Waals surface area (Å²) in [6.45, 7) is 6.36. The SMILES string of the molecule is CC(=O)Oc1ccc(N=C=O)cc1C(=O)OC(C)(C)C. The third kappa shape index (κ3) is 4.66. The van der Waals surface area contributed by atoms with E-state index in [9.17, 15) is 14.4 Å². The minimum atomic E-state index is -0.700. The molecular formula is C14H15NO5. The number of hydrogen-bond donors (Lipinski definition) is 0. The monoisotopic (exact) mass is 277 g/mol. The van der Waals surface area contributed by atoms with Crippen molar-refractivity contribution in [3.63, 3.8) is 0 Å². The van der Waals surface area contributed by atoms with Gasteiger partial charge in [0.05, 0.1) is 5.69 Å². The second-order valence-corrected chi connectivity index (χ2v) is 4.98. The van der Waals surface area contributed by atoms with Crippen LogP contribution in [0.2, 0.25) is 0 Å². The number of benzene rings is 1. The topological polar surface area (TPSA) is 82.0 Å². The molecule has 6 nitrogen and oxygen atoms in total. The predicted molar refractivity (Wildman–Crippen MR) is 70.7 cm³/mol. The molecule has 0 aliphatic rings. The average Bonchev–Trinajstić information content (AvgIpc) is 2.28. The van der Waals surface area contributed by atoms with Crippen molar-refractivity contribution in [2.45, 2.75) is 33.3 Å². The van der Waals surface area contributed by atoms with E-state index in [-0.39, 0.29) is 17.0 Å². The number of carbonyl (C=O) groups is 2. The van der Waals surface area contributed by atoms with E-state index in [2.05, 4.69) is 4.99 Å². The van der Waals surface area contributed by atoms with Crippen LogP contribution in [0.15, 0.2) is 23.2 Å². The van der Waals surface area contributed by atoms with Crippen molar-refractivity contribution >= 4 is 23.7 Å². The van der Waals surface area contributed by atoms with Gasteiger partial charge in [-0.2, -0.15) is 4.99 Å². The number of isocyanates is 1. The molecule has 0 N–H and O–H groups in total. The molecule has 20 heavy (non-hydrogen) atoms. The first-order valence-corrected chi connectivity index (χ1v) is 5.86. The zero-order chi connectivity index (χ0) is 15.3. The third-order valence-electron chi connectivity index (χ3n) is 2.01. The fourth-order valence-corrected chi connectivity index (χ4v) is 1.38. The molecule has 0 radical (unpaired) electrons. The summed E-state index contributed by atoms with van der Waals surface area (Å²) in [4.78, 5) is 36.8. The Balaban J connectivity index is 3.23. The molecule has 0 atom stereocenters. The molecule has 1 aromatic carbocycles. The molecule has 0 saturated carbocycles. The average molecular weight is 277 g/mol. The zero-order valence-electron chi connectivity index (χ0n) is 11.7. The highest BCUT2D eigenvalue weighted by Gasteiger charge is 2.22. The van der Waals surface area contributed by atoms with Gasteiger partial charge in [0.2, 0.25) is 6.08 Å². The Bertz CT molecular complexity index is 580. The standard InChI is InChI=1S/C14H15NO5/c1-9(17)19-12-6-5-10(15-8-16)7-11(12)13(18)20-14(2,3)4/h5-7H,1-4H3. The number of carbonyl (C=O) groups excluding carboxylic acids is 3. The van der Waals surface area contributed by atoms with Crippen LogP contribution in [-0.2, 0) is 14.3 Å². The molecule has 106 valence electrons. The number of aliphatic imine (C=N–C) groups is 1. The summed E-state index contributed by atoms with van der Waals surface area (Å²) in [7, 11) is 0. The number of rotatable bonds is 3. The lowest BCUT2D eigenvalue weighted by Gasteiger charge is -2.20. The molecule has 0 heterocycles. The molecule has 6 heteroatoms. The molecule has 1 aromatic rings. The van der Waals surface area contributed by atoms with Crippen LogP contribution in [-0.4, -0.2) is 23.6 Å². The number of ether oxygens (including phenoxy) is 2. The first-order chi connectivity index (χ1) is 9.23. The van der Waals surface area contributed by atoms with Gasteiger partial charge in [-0.15, -0.1) is 0 Å². The Morgan fingerprint density at radius 2 is 1.90 bits per heavy atom. The van der Waals surface area contributed by atoms with Crippen LogP contribution in [0.25, 0.3) is 0 Å². The van der Waals surface area contributed by atoms with Crippen LogP contribution >= 0.6 is 0 Å². The summed E-state index contributed by atoms with van der Waals surface area (Å²) in [6, 6.07) is 4.10. The molecule has 0 spiro atoms. The van der Waals surface area contributed by atoms with Gasteiger partial charge >= 0.3 is 11.9 Å². The fourth-order valence-electron chi connectivity index (χ4n) is 1.38. The van der Waals surface area contributed by atoms with Gasteiger partial charge in [-0.1, -0.05) is 0 Å². The van der Waals surface area contributed by atoms with Crippen molar-refractivity contribution in [2.24, 2.45) is 4.99 Å². The maximum absolute atomic E-state index is 12.1. The van der Waals surface area contributed by atoms with Gasteiger partial charge in [0.1, 0.15) is 16.9 Å². The van der Waals surface area contributed by atoms with Crippen LogP contribution in [0, 0.1) is 0 Å². The second kappa shape index (κ2) is 6.12. The highest BCUT2D eigenvalue weighted by Crippen LogP contribution is 2.26. The van der Waals surface area contributed by atoms with Crippen LogP contribution in [0.5, 0.6) is 5.75 Å². The van der Waals surface area contributed by atoms with Crippen LogP contribution < -0.4 is 4.74 Å². The van der Waals surface area contributed by atoms with Gasteiger partial charge in [-0.3, -0.25) is 4.79 Å². The maximum Gasteiger partial charge on any atom is 0.342 e. The Morgan fingerprint density at radius 1 is 1.25 bits per heavy atom. The summed E-state index contributed by atoms with van der Waals surface area (Å²) >= 11 is 0. The first-order valence-electron chi connectivity index (χ1n) is 5.86. The van der Waals surface area contributed by atoms with E-state index in [0.717, 1.165) is 0 Å². The molecule has 0 aliphatic carbocycles. The van der Waals surface area contributed by atoms with Gasteiger partial charge in [0, 0.05) is 6.92 Å². The van der Waals surface area contributed by atoms with Gasteiger partial charge < -0.3 is 9.47 Å². The zero-order valence-corrected chi connectivity index (χ0v) is 11.7. The summed E-state index contributed by atoms with van der Waals surface area (Å²) in [6.07, 6.45) is 1.37. The first kappa shape index (κ1) is 15.6. The minimum Gasteiger partial charge on any atom is -0.456 e. The molecule has 1 rings (SSSR count). The highest BCUT2D eigenvalue weighted by atomic mass is 16.6. The van der Waals surface area contributed by atoms with Crippen molar-refractivity contribution in [2.75, 3.05) is 0 Å². The normalized spacial score (nSPS) is 10.4. The van der Waals surface area contributed by atoms with Crippen molar-refractivity contribution < 1.29 is 23.9 Å². The van der Waals surface area contributed by atoms with Crippen molar-refractivity contribution in [1.29, 1.82) is 0 Å². The van der Waals surface area contributed by atoms with E-state index in [1.807, 2.05) is 0 Å². The lowest BCUT2D eigenvalue weighted by atomic mass is 10.1. The van der Waals surface area contributed by atoms with Crippen molar-refractivity contribution in [3.05, 3.63) is 23.8 Å². The molecule has 0 amide bonds. The smallest absolute Gasteiger partial charge is 0.342 e. The lowest BCUT2D eigenvalue weighted by Crippen LogP contribution is -2.24. The molecule has 0 saturated heterocycles. The summed E-state index contributed by atoms with van der Waals surface area (Å²) in [5.74, 6) is -1.19. The minimum absolute atomic E-state index is 0.0200. The number of esters is 2. The second-order valence-electron chi connectivity index (χ2n) is 4.98. The van der Waals surface area contributed by atoms with Crippen molar-refractivity contribution in [1.82, 2.24) is 0 Å². The number of hydrogen-bond acceptors (Lipinski definition) is 6. The Morgan fingerprint density at radius 3 is 2.40 bits per heavy atom. The fraction of sp³-hybridized carbons (Fsp3) is 0.357. The molecule has 0 aromatic heterocycles. The van der Waals surface area contributed by atoms with Crippen LogP contribution in [0.4, 0.5) is 5.69 Å². The van der Waals surface area contributed by atoms with Crippen LogP contribution in [0.3, 0.4) is 0 Å². The van der Waals surface area contributed by atoms with E-state index in [1.165, 1.54) is 31.2 Å². The maximum atomic E-state index is 12.1. The van der Waals surface area contributed by atoms with E-state index < -0.39 is 17.5 Å². The molecular weight excluding hydrogens is 262 g/mol. The Labute approximate surface area is 116 Å².